The maximum atomic E-state index is 4.58. The number of nitrogens with one attached hydrogen (secondary N) is 1. The first kappa shape index (κ1) is 13.0. The zero-order valence-corrected chi connectivity index (χ0v) is 12.7. The highest BCUT2D eigenvalue weighted by molar-refractivity contribution is 7.20. The number of nitrogens with zero attached hydrogens (tertiary/aromatic N) is 4. The Morgan fingerprint density at radius 2 is 1.73 bits per heavy atom. The first-order valence-corrected chi connectivity index (χ1v) is 7.73. The molecule has 22 heavy (non-hydrogen) atoms. The molecular weight excluding hydrogens is 294 g/mol. The molecule has 0 atom stereocenters. The maximum absolute atomic E-state index is 4.58. The van der Waals surface area contributed by atoms with Crippen molar-refractivity contribution in [1.82, 2.24) is 19.8 Å². The molecule has 0 radical (unpaired) electrons. The number of para-hydroxylation sites is 1. The Morgan fingerprint density at radius 3 is 2.55 bits per heavy atom. The molecule has 2 heterocycles. The summed E-state index contributed by atoms with van der Waals surface area (Å²) in [5, 5.41) is 17.2. The summed E-state index contributed by atoms with van der Waals surface area (Å²) < 4.78 is 1.78. The van der Waals surface area contributed by atoms with E-state index in [2.05, 4.69) is 33.6 Å². The van der Waals surface area contributed by atoms with Gasteiger partial charge in [-0.2, -0.15) is 4.52 Å². The number of aryl methyl sites for hydroxylation is 1. The van der Waals surface area contributed by atoms with Crippen LogP contribution in [0.25, 0.3) is 16.3 Å². The van der Waals surface area contributed by atoms with Crippen LogP contribution in [-0.2, 0) is 0 Å². The van der Waals surface area contributed by atoms with Crippen LogP contribution >= 0.6 is 11.3 Å². The van der Waals surface area contributed by atoms with Gasteiger partial charge in [0, 0.05) is 11.3 Å². The van der Waals surface area contributed by atoms with Gasteiger partial charge in [-0.3, -0.25) is 0 Å². The average Bonchev–Trinajstić information content (AvgIpc) is 3.10. The molecule has 0 aliphatic heterocycles. The zero-order chi connectivity index (χ0) is 14.9. The minimum atomic E-state index is 0.754. The summed E-state index contributed by atoms with van der Waals surface area (Å²) in [5.74, 6) is 0.754. The lowest BCUT2D eigenvalue weighted by Gasteiger charge is -2.04. The van der Waals surface area contributed by atoms with Crippen molar-refractivity contribution in [3.05, 3.63) is 60.2 Å². The second-order valence-corrected chi connectivity index (χ2v) is 5.89. The smallest absolute Gasteiger partial charge is 0.236 e. The number of hydrogen-bond donors (Lipinski definition) is 1. The molecule has 4 rings (SSSR count). The summed E-state index contributed by atoms with van der Waals surface area (Å²) in [5.41, 5.74) is 3.23. The molecule has 6 heteroatoms. The van der Waals surface area contributed by atoms with E-state index in [1.165, 1.54) is 16.9 Å². The highest BCUT2D eigenvalue weighted by Crippen LogP contribution is 2.27. The van der Waals surface area contributed by atoms with E-state index in [0.717, 1.165) is 27.2 Å². The van der Waals surface area contributed by atoms with E-state index in [1.807, 2.05) is 48.5 Å². The van der Waals surface area contributed by atoms with Gasteiger partial charge in [0.15, 0.2) is 5.82 Å². The number of benzene rings is 2. The third-order valence-electron chi connectivity index (χ3n) is 3.41. The van der Waals surface area contributed by atoms with Crippen LogP contribution in [0.5, 0.6) is 0 Å². The minimum Gasteiger partial charge on any atom is -0.330 e. The number of fused-ring (bicyclic) bond motifs is 1. The minimum absolute atomic E-state index is 0.754. The van der Waals surface area contributed by atoms with E-state index < -0.39 is 0 Å². The normalized spacial score (nSPS) is 11.0. The van der Waals surface area contributed by atoms with Crippen LogP contribution in [0.1, 0.15) is 5.56 Å². The molecule has 0 bridgehead atoms. The van der Waals surface area contributed by atoms with Gasteiger partial charge in [0.05, 0.1) is 0 Å². The van der Waals surface area contributed by atoms with Crippen molar-refractivity contribution < 1.29 is 0 Å². The summed E-state index contributed by atoms with van der Waals surface area (Å²) in [6.07, 6.45) is 0. The van der Waals surface area contributed by atoms with Gasteiger partial charge in [-0.1, -0.05) is 59.9 Å². The zero-order valence-electron chi connectivity index (χ0n) is 11.9. The third kappa shape index (κ3) is 2.23. The first-order chi connectivity index (χ1) is 10.8. The van der Waals surface area contributed by atoms with Gasteiger partial charge < -0.3 is 5.32 Å². The molecule has 0 unspecified atom stereocenters. The van der Waals surface area contributed by atoms with Gasteiger partial charge in [-0.15, -0.1) is 15.3 Å². The lowest BCUT2D eigenvalue weighted by Crippen LogP contribution is -1.95. The SMILES string of the molecule is Cc1ccccc1Nc1nn2c(-c3ccccc3)nnc2s1. The summed E-state index contributed by atoms with van der Waals surface area (Å²) in [6.45, 7) is 2.07. The summed E-state index contributed by atoms with van der Waals surface area (Å²) in [4.78, 5) is 0.773. The largest absolute Gasteiger partial charge is 0.330 e. The molecule has 108 valence electrons. The Labute approximate surface area is 131 Å². The Hall–Kier alpha value is -2.73. The second kappa shape index (κ2) is 5.23. The molecule has 0 aliphatic carbocycles. The first-order valence-electron chi connectivity index (χ1n) is 6.91. The van der Waals surface area contributed by atoms with Gasteiger partial charge in [-0.05, 0) is 18.6 Å². The lowest BCUT2D eigenvalue weighted by atomic mass is 10.2. The van der Waals surface area contributed by atoms with Crippen molar-refractivity contribution >= 4 is 27.1 Å². The Kier molecular flexibility index (Phi) is 3.08. The molecule has 0 amide bonds. The predicted octanol–water partition coefficient (Wildman–Crippen LogP) is 3.90. The second-order valence-electron chi connectivity index (χ2n) is 4.93. The number of aromatic nitrogens is 4. The van der Waals surface area contributed by atoms with Gasteiger partial charge in [-0.25, -0.2) is 0 Å². The van der Waals surface area contributed by atoms with Crippen LogP contribution < -0.4 is 5.32 Å². The highest BCUT2D eigenvalue weighted by Gasteiger charge is 2.13. The fourth-order valence-electron chi connectivity index (χ4n) is 2.26. The number of hydrogen-bond acceptors (Lipinski definition) is 5. The fourth-order valence-corrected chi connectivity index (χ4v) is 3.01. The molecule has 4 aromatic rings. The van der Waals surface area contributed by atoms with Crippen molar-refractivity contribution in [2.45, 2.75) is 6.92 Å². The topological polar surface area (TPSA) is 55.1 Å². The molecule has 0 saturated heterocycles. The van der Waals surface area contributed by atoms with E-state index in [1.54, 1.807) is 4.52 Å². The van der Waals surface area contributed by atoms with E-state index in [9.17, 15) is 0 Å². The van der Waals surface area contributed by atoms with Gasteiger partial charge in [0.25, 0.3) is 0 Å². The summed E-state index contributed by atoms with van der Waals surface area (Å²) in [7, 11) is 0. The molecule has 0 fully saturated rings. The van der Waals surface area contributed by atoms with Crippen LogP contribution in [0, 0.1) is 6.92 Å². The van der Waals surface area contributed by atoms with E-state index >= 15 is 0 Å². The van der Waals surface area contributed by atoms with E-state index in [4.69, 9.17) is 0 Å². The van der Waals surface area contributed by atoms with Crippen molar-refractivity contribution in [1.29, 1.82) is 0 Å². The quantitative estimate of drug-likeness (QED) is 0.623. The van der Waals surface area contributed by atoms with E-state index in [-0.39, 0.29) is 0 Å². The molecule has 0 spiro atoms. The lowest BCUT2D eigenvalue weighted by molar-refractivity contribution is 0.970. The fraction of sp³-hybridized carbons (Fsp3) is 0.0625. The van der Waals surface area contributed by atoms with Crippen molar-refractivity contribution in [2.75, 3.05) is 5.32 Å². The van der Waals surface area contributed by atoms with Crippen LogP contribution in [0.2, 0.25) is 0 Å². The Morgan fingerprint density at radius 1 is 0.955 bits per heavy atom. The van der Waals surface area contributed by atoms with Crippen LogP contribution in [0.15, 0.2) is 54.6 Å². The van der Waals surface area contributed by atoms with Crippen LogP contribution in [-0.4, -0.2) is 19.8 Å². The van der Waals surface area contributed by atoms with Crippen molar-refractivity contribution in [3.8, 4) is 11.4 Å². The van der Waals surface area contributed by atoms with Crippen LogP contribution in [0.4, 0.5) is 10.8 Å². The average molecular weight is 307 g/mol. The Balaban J connectivity index is 1.73. The van der Waals surface area contributed by atoms with E-state index in [0.29, 0.717) is 0 Å². The predicted molar refractivity (Wildman–Crippen MR) is 88.6 cm³/mol. The van der Waals surface area contributed by atoms with Gasteiger partial charge in [0.1, 0.15) is 0 Å². The summed E-state index contributed by atoms with van der Waals surface area (Å²) in [6, 6.07) is 18.1. The molecule has 0 aliphatic rings. The van der Waals surface area contributed by atoms with Gasteiger partial charge in [0.2, 0.25) is 10.1 Å². The van der Waals surface area contributed by atoms with Crippen LogP contribution in [0.3, 0.4) is 0 Å². The molecule has 2 aromatic carbocycles. The molecule has 2 aromatic heterocycles. The molecule has 5 nitrogen and oxygen atoms in total. The molecule has 0 saturated carbocycles. The van der Waals surface area contributed by atoms with Crippen molar-refractivity contribution in [2.24, 2.45) is 0 Å². The standard InChI is InChI=1S/C16H13N5S/c1-11-7-5-6-10-13(11)17-15-20-21-14(18-19-16(21)22-15)12-8-3-2-4-9-12/h2-10H,1H3,(H,17,20). The molecular formula is C16H13N5S. The number of rotatable bonds is 3. The summed E-state index contributed by atoms with van der Waals surface area (Å²) >= 11 is 1.48. The highest BCUT2D eigenvalue weighted by atomic mass is 32.1. The Bertz CT molecular complexity index is 926. The van der Waals surface area contributed by atoms with Crippen molar-refractivity contribution in [3.63, 3.8) is 0 Å². The monoisotopic (exact) mass is 307 g/mol. The molecule has 1 N–H and O–H groups in total. The number of anilines is 2. The third-order valence-corrected chi connectivity index (χ3v) is 4.22. The van der Waals surface area contributed by atoms with Gasteiger partial charge >= 0.3 is 0 Å². The maximum Gasteiger partial charge on any atom is 0.236 e.